The van der Waals surface area contributed by atoms with Gasteiger partial charge in [0, 0.05) is 31.7 Å². The number of benzene rings is 1. The third kappa shape index (κ3) is 4.68. The second-order valence-electron chi connectivity index (χ2n) is 8.62. The van der Waals surface area contributed by atoms with Crippen LogP contribution in [0.25, 0.3) is 0 Å². The first-order valence-corrected chi connectivity index (χ1v) is 11.5. The molecular weight excluding hydrogens is 410 g/mol. The van der Waals surface area contributed by atoms with Crippen LogP contribution in [-0.4, -0.2) is 90.2 Å². The van der Waals surface area contributed by atoms with Crippen LogP contribution < -0.4 is 10.6 Å². The molecule has 1 atom stereocenters. The minimum Gasteiger partial charge on any atom is -0.385 e. The fraction of sp³-hybridized carbons (Fsp3) is 0.565. The maximum absolute atomic E-state index is 12.9. The molecule has 9 heteroatoms. The molecule has 0 saturated carbocycles. The van der Waals surface area contributed by atoms with Crippen LogP contribution in [0.5, 0.6) is 0 Å². The van der Waals surface area contributed by atoms with Crippen molar-refractivity contribution >= 4 is 29.3 Å². The van der Waals surface area contributed by atoms with E-state index in [1.165, 1.54) is 13.0 Å². The Balaban J connectivity index is 1.32. The van der Waals surface area contributed by atoms with E-state index < -0.39 is 23.8 Å². The van der Waals surface area contributed by atoms with E-state index in [2.05, 4.69) is 27.4 Å². The molecule has 3 aliphatic rings. The van der Waals surface area contributed by atoms with Crippen molar-refractivity contribution < 1.29 is 19.2 Å². The fourth-order valence-corrected chi connectivity index (χ4v) is 4.68. The highest BCUT2D eigenvalue weighted by atomic mass is 16.2. The highest BCUT2D eigenvalue weighted by molar-refractivity contribution is 6.23. The molecule has 0 spiro atoms. The molecule has 9 nitrogen and oxygen atoms in total. The molecule has 32 heavy (non-hydrogen) atoms. The number of piperidine rings is 1. The third-order valence-corrected chi connectivity index (χ3v) is 6.55. The van der Waals surface area contributed by atoms with E-state index in [-0.39, 0.29) is 18.7 Å². The van der Waals surface area contributed by atoms with Gasteiger partial charge in [0.05, 0.1) is 11.1 Å². The minimum atomic E-state index is -0.936. The Morgan fingerprint density at radius 3 is 2.53 bits per heavy atom. The van der Waals surface area contributed by atoms with Gasteiger partial charge in [0.15, 0.2) is 0 Å². The van der Waals surface area contributed by atoms with Gasteiger partial charge < -0.3 is 15.1 Å². The summed E-state index contributed by atoms with van der Waals surface area (Å²) in [5.41, 5.74) is 1.38. The molecule has 1 aromatic carbocycles. The lowest BCUT2D eigenvalue weighted by molar-refractivity contribution is -0.136. The Bertz CT molecular complexity index is 918. The van der Waals surface area contributed by atoms with Crippen LogP contribution in [-0.2, 0) is 9.59 Å². The predicted molar refractivity (Wildman–Crippen MR) is 119 cm³/mol. The second-order valence-corrected chi connectivity index (χ2v) is 8.62. The van der Waals surface area contributed by atoms with Gasteiger partial charge in [0.2, 0.25) is 11.8 Å². The Morgan fingerprint density at radius 2 is 1.75 bits per heavy atom. The summed E-state index contributed by atoms with van der Waals surface area (Å²) >= 11 is 0. The third-order valence-electron chi connectivity index (χ3n) is 6.55. The van der Waals surface area contributed by atoms with Crippen molar-refractivity contribution in [2.75, 3.05) is 51.1 Å². The summed E-state index contributed by atoms with van der Waals surface area (Å²) in [6.07, 6.45) is 2.46. The molecule has 4 rings (SSSR count). The number of rotatable bonds is 7. The monoisotopic (exact) mass is 441 g/mol. The zero-order valence-electron chi connectivity index (χ0n) is 18.6. The van der Waals surface area contributed by atoms with Gasteiger partial charge in [-0.3, -0.25) is 29.4 Å². The number of amides is 4. The highest BCUT2D eigenvalue weighted by Gasteiger charge is 2.44. The molecule has 1 aromatic rings. The number of hydrogen-bond acceptors (Lipinski definition) is 7. The molecule has 3 aliphatic heterocycles. The van der Waals surface area contributed by atoms with E-state index in [1.54, 1.807) is 18.2 Å². The number of hydrogen-bond donors (Lipinski definition) is 2. The van der Waals surface area contributed by atoms with E-state index in [0.29, 0.717) is 11.1 Å². The standard InChI is InChI=1S/C23H31N5O4/c1-2-26-11-4-12-27(14-13-26)10-3-9-24-16-5-6-17-18(15-16)23(32)28(22(17)31)19-7-8-20(29)25-21(19)30/h5-6,15,19,24H,2-4,7-14H2,1H3,(H,25,29,30). The van der Waals surface area contributed by atoms with Crippen molar-refractivity contribution in [3.8, 4) is 0 Å². The van der Waals surface area contributed by atoms with Crippen LogP contribution in [0, 0.1) is 0 Å². The van der Waals surface area contributed by atoms with Crippen LogP contribution in [0.2, 0.25) is 0 Å². The van der Waals surface area contributed by atoms with Crippen LogP contribution in [0.4, 0.5) is 5.69 Å². The average molecular weight is 442 g/mol. The Hall–Kier alpha value is -2.78. The van der Waals surface area contributed by atoms with Crippen LogP contribution in [0.3, 0.4) is 0 Å². The fourth-order valence-electron chi connectivity index (χ4n) is 4.68. The lowest BCUT2D eigenvalue weighted by Crippen LogP contribution is -2.54. The zero-order chi connectivity index (χ0) is 22.7. The number of nitrogens with one attached hydrogen (secondary N) is 2. The molecule has 1 unspecified atom stereocenters. The molecule has 0 aliphatic carbocycles. The number of anilines is 1. The Labute approximate surface area is 188 Å². The molecule has 0 bridgehead atoms. The molecule has 172 valence electrons. The summed E-state index contributed by atoms with van der Waals surface area (Å²) in [6.45, 7) is 9.62. The van der Waals surface area contributed by atoms with Crippen molar-refractivity contribution in [3.63, 3.8) is 0 Å². The van der Waals surface area contributed by atoms with E-state index in [1.807, 2.05) is 0 Å². The maximum Gasteiger partial charge on any atom is 0.262 e. The van der Waals surface area contributed by atoms with Gasteiger partial charge in [-0.2, -0.15) is 0 Å². The van der Waals surface area contributed by atoms with E-state index in [9.17, 15) is 19.2 Å². The highest BCUT2D eigenvalue weighted by Crippen LogP contribution is 2.29. The second kappa shape index (κ2) is 9.79. The average Bonchev–Trinajstić information content (AvgIpc) is 2.93. The Morgan fingerprint density at radius 1 is 1.00 bits per heavy atom. The first kappa shape index (κ1) is 22.4. The number of likely N-dealkylation sites (N-methyl/N-ethyl adjacent to an activating group) is 1. The summed E-state index contributed by atoms with van der Waals surface area (Å²) in [5, 5.41) is 5.56. The van der Waals surface area contributed by atoms with Gasteiger partial charge in [-0.25, -0.2) is 0 Å². The molecule has 2 N–H and O–H groups in total. The van der Waals surface area contributed by atoms with Crippen molar-refractivity contribution in [2.24, 2.45) is 0 Å². The first-order valence-electron chi connectivity index (χ1n) is 11.5. The normalized spacial score (nSPS) is 22.7. The van der Waals surface area contributed by atoms with Crippen LogP contribution in [0.1, 0.15) is 53.3 Å². The van der Waals surface area contributed by atoms with E-state index in [4.69, 9.17) is 0 Å². The van der Waals surface area contributed by atoms with Crippen molar-refractivity contribution in [1.29, 1.82) is 0 Å². The summed E-state index contributed by atoms with van der Waals surface area (Å²) < 4.78 is 0. The number of nitrogens with zero attached hydrogens (tertiary/aromatic N) is 3. The number of imide groups is 2. The largest absolute Gasteiger partial charge is 0.385 e. The summed E-state index contributed by atoms with van der Waals surface area (Å²) in [7, 11) is 0. The number of fused-ring (bicyclic) bond motifs is 1. The van der Waals surface area contributed by atoms with Gasteiger partial charge in [0.1, 0.15) is 6.04 Å². The Kier molecular flexibility index (Phi) is 6.86. The van der Waals surface area contributed by atoms with Gasteiger partial charge in [-0.05, 0) is 63.6 Å². The van der Waals surface area contributed by atoms with Crippen LogP contribution >= 0.6 is 0 Å². The van der Waals surface area contributed by atoms with E-state index >= 15 is 0 Å². The van der Waals surface area contributed by atoms with Crippen molar-refractivity contribution in [3.05, 3.63) is 29.3 Å². The topological polar surface area (TPSA) is 102 Å². The molecular formula is C23H31N5O4. The summed E-state index contributed by atoms with van der Waals surface area (Å²) in [6, 6.07) is 4.18. The van der Waals surface area contributed by atoms with Gasteiger partial charge in [-0.15, -0.1) is 0 Å². The lowest BCUT2D eigenvalue weighted by Gasteiger charge is -2.27. The summed E-state index contributed by atoms with van der Waals surface area (Å²) in [5.74, 6) is -1.93. The van der Waals surface area contributed by atoms with Crippen molar-refractivity contribution in [2.45, 2.75) is 38.6 Å². The molecule has 0 radical (unpaired) electrons. The van der Waals surface area contributed by atoms with E-state index in [0.717, 1.165) is 56.3 Å². The van der Waals surface area contributed by atoms with Crippen molar-refractivity contribution in [1.82, 2.24) is 20.0 Å². The van der Waals surface area contributed by atoms with Crippen LogP contribution in [0.15, 0.2) is 18.2 Å². The van der Waals surface area contributed by atoms with Gasteiger partial charge >= 0.3 is 0 Å². The molecule has 3 heterocycles. The smallest absolute Gasteiger partial charge is 0.262 e. The first-order chi connectivity index (χ1) is 15.5. The minimum absolute atomic E-state index is 0.115. The van der Waals surface area contributed by atoms with Gasteiger partial charge in [-0.1, -0.05) is 6.92 Å². The predicted octanol–water partition coefficient (Wildman–Crippen LogP) is 0.917. The quantitative estimate of drug-likeness (QED) is 0.479. The molecule has 2 saturated heterocycles. The number of carbonyl (C=O) groups is 4. The zero-order valence-corrected chi connectivity index (χ0v) is 18.6. The SMILES string of the molecule is CCN1CCCN(CCCNc2ccc3c(c2)C(=O)N(C2CCC(=O)NC2=O)C3=O)CC1. The lowest BCUT2D eigenvalue weighted by atomic mass is 10.0. The maximum atomic E-state index is 12.9. The summed E-state index contributed by atoms with van der Waals surface area (Å²) in [4.78, 5) is 55.2. The molecule has 2 fully saturated rings. The molecule has 4 amide bonds. The molecule has 0 aromatic heterocycles. The number of carbonyl (C=O) groups excluding carboxylic acids is 4. The van der Waals surface area contributed by atoms with Gasteiger partial charge in [0.25, 0.3) is 11.8 Å².